The zero-order chi connectivity index (χ0) is 22.8. The fourth-order valence-electron chi connectivity index (χ4n) is 7.50. The standard InChI is InChI=1S/C28H44O3/c1-17(2)18(3)7-8-19(4)22-9-10-23-21-15-25(30)28(31)16-20(29)11-14-27(28,6)24(21)12-13-26(22,23)5/h7-8,12,15,17-20,22-23,25,29-31H,9-11,13-14,16H2,1-6H3/t18-,19+,20-,22+,23-,25+,26+,27+,28-/m0/s1. The van der Waals surface area contributed by atoms with E-state index >= 15 is 0 Å². The lowest BCUT2D eigenvalue weighted by atomic mass is 9.49. The summed E-state index contributed by atoms with van der Waals surface area (Å²) >= 11 is 0. The first-order valence-corrected chi connectivity index (χ1v) is 12.6. The summed E-state index contributed by atoms with van der Waals surface area (Å²) in [4.78, 5) is 0. The maximum atomic E-state index is 11.5. The first-order chi connectivity index (χ1) is 14.4. The van der Waals surface area contributed by atoms with Gasteiger partial charge in [0.15, 0.2) is 0 Å². The van der Waals surface area contributed by atoms with Gasteiger partial charge in [0.05, 0.1) is 6.10 Å². The van der Waals surface area contributed by atoms with Gasteiger partial charge in [-0.2, -0.15) is 0 Å². The van der Waals surface area contributed by atoms with Crippen LogP contribution in [0, 0.1) is 40.4 Å². The van der Waals surface area contributed by atoms with Crippen molar-refractivity contribution >= 4 is 0 Å². The molecule has 2 fully saturated rings. The number of hydrogen-bond donors (Lipinski definition) is 3. The second-order valence-electron chi connectivity index (χ2n) is 12.1. The molecule has 31 heavy (non-hydrogen) atoms. The normalized spacial score (nSPS) is 46.8. The molecule has 4 rings (SSSR count). The van der Waals surface area contributed by atoms with Crippen LogP contribution in [0.4, 0.5) is 0 Å². The molecule has 3 N–H and O–H groups in total. The Morgan fingerprint density at radius 1 is 1.03 bits per heavy atom. The highest BCUT2D eigenvalue weighted by Crippen LogP contribution is 2.65. The van der Waals surface area contributed by atoms with Gasteiger partial charge in [0.25, 0.3) is 0 Å². The van der Waals surface area contributed by atoms with Crippen LogP contribution in [0.5, 0.6) is 0 Å². The summed E-state index contributed by atoms with van der Waals surface area (Å²) in [5, 5.41) is 32.9. The largest absolute Gasteiger partial charge is 0.393 e. The molecule has 0 aromatic rings. The predicted octanol–water partition coefficient (Wildman–Crippen LogP) is 5.42. The average molecular weight is 429 g/mol. The predicted molar refractivity (Wildman–Crippen MR) is 126 cm³/mol. The number of aliphatic hydroxyl groups excluding tert-OH is 2. The van der Waals surface area contributed by atoms with Crippen molar-refractivity contribution in [2.75, 3.05) is 0 Å². The Kier molecular flexibility index (Phi) is 5.89. The summed E-state index contributed by atoms with van der Waals surface area (Å²) in [5.41, 5.74) is 0.994. The Labute approximate surface area is 189 Å². The van der Waals surface area contributed by atoms with Gasteiger partial charge in [-0.15, -0.1) is 0 Å². The smallest absolute Gasteiger partial charge is 0.106 e. The summed E-state index contributed by atoms with van der Waals surface area (Å²) < 4.78 is 0. The fraction of sp³-hybridized carbons (Fsp3) is 0.786. The van der Waals surface area contributed by atoms with Crippen molar-refractivity contribution in [2.24, 2.45) is 40.4 Å². The molecule has 0 unspecified atom stereocenters. The molecule has 0 bridgehead atoms. The van der Waals surface area contributed by atoms with E-state index in [0.29, 0.717) is 36.0 Å². The van der Waals surface area contributed by atoms with Gasteiger partial charge in [0.1, 0.15) is 11.7 Å². The van der Waals surface area contributed by atoms with Crippen molar-refractivity contribution in [1.82, 2.24) is 0 Å². The summed E-state index contributed by atoms with van der Waals surface area (Å²) in [5.74, 6) is 2.88. The molecule has 0 aromatic carbocycles. The van der Waals surface area contributed by atoms with Crippen molar-refractivity contribution in [3.8, 4) is 0 Å². The van der Waals surface area contributed by atoms with Crippen LogP contribution in [0.3, 0.4) is 0 Å². The lowest BCUT2D eigenvalue weighted by molar-refractivity contribution is -0.173. The molecule has 4 aliphatic rings. The maximum absolute atomic E-state index is 11.5. The van der Waals surface area contributed by atoms with Crippen molar-refractivity contribution in [1.29, 1.82) is 0 Å². The molecule has 0 aromatic heterocycles. The molecule has 0 saturated heterocycles. The summed E-state index contributed by atoms with van der Waals surface area (Å²) in [6, 6.07) is 0. The molecule has 0 spiro atoms. The summed E-state index contributed by atoms with van der Waals surface area (Å²) in [6.45, 7) is 13.8. The molecule has 2 saturated carbocycles. The highest BCUT2D eigenvalue weighted by Gasteiger charge is 2.62. The van der Waals surface area contributed by atoms with Crippen LogP contribution in [0.15, 0.2) is 35.5 Å². The molecule has 3 nitrogen and oxygen atoms in total. The number of allylic oxidation sites excluding steroid dienone is 4. The van der Waals surface area contributed by atoms with Crippen LogP contribution >= 0.6 is 0 Å². The molecule has 0 amide bonds. The van der Waals surface area contributed by atoms with Gasteiger partial charge in [-0.1, -0.05) is 59.8 Å². The Morgan fingerprint density at radius 2 is 1.74 bits per heavy atom. The third kappa shape index (κ3) is 3.42. The first-order valence-electron chi connectivity index (χ1n) is 12.6. The second-order valence-corrected chi connectivity index (χ2v) is 12.1. The Balaban J connectivity index is 1.65. The molecular formula is C28H44O3. The van der Waals surface area contributed by atoms with Crippen molar-refractivity contribution in [3.63, 3.8) is 0 Å². The summed E-state index contributed by atoms with van der Waals surface area (Å²) in [7, 11) is 0. The summed E-state index contributed by atoms with van der Waals surface area (Å²) in [6.07, 6.45) is 12.9. The van der Waals surface area contributed by atoms with Gasteiger partial charge in [0, 0.05) is 11.8 Å². The van der Waals surface area contributed by atoms with Crippen LogP contribution < -0.4 is 0 Å². The van der Waals surface area contributed by atoms with Crippen LogP contribution in [-0.4, -0.2) is 33.1 Å². The van der Waals surface area contributed by atoms with Crippen LogP contribution in [0.25, 0.3) is 0 Å². The van der Waals surface area contributed by atoms with E-state index in [0.717, 1.165) is 19.3 Å². The number of aliphatic hydroxyl groups is 3. The zero-order valence-corrected chi connectivity index (χ0v) is 20.4. The molecule has 174 valence electrons. The van der Waals surface area contributed by atoms with Gasteiger partial charge in [-0.05, 0) is 84.3 Å². The number of rotatable bonds is 4. The lowest BCUT2D eigenvalue weighted by Crippen LogP contribution is -2.62. The topological polar surface area (TPSA) is 60.7 Å². The van der Waals surface area contributed by atoms with E-state index in [4.69, 9.17) is 0 Å². The van der Waals surface area contributed by atoms with Gasteiger partial charge < -0.3 is 15.3 Å². The molecular weight excluding hydrogens is 384 g/mol. The first kappa shape index (κ1) is 23.3. The highest BCUT2D eigenvalue weighted by atomic mass is 16.3. The molecule has 0 radical (unpaired) electrons. The van der Waals surface area contributed by atoms with Crippen LogP contribution in [0.1, 0.15) is 80.1 Å². The van der Waals surface area contributed by atoms with Crippen LogP contribution in [-0.2, 0) is 0 Å². The van der Waals surface area contributed by atoms with E-state index in [2.05, 4.69) is 59.8 Å². The fourth-order valence-corrected chi connectivity index (χ4v) is 7.50. The van der Waals surface area contributed by atoms with Crippen molar-refractivity contribution in [3.05, 3.63) is 35.5 Å². The minimum absolute atomic E-state index is 0.194. The Hall–Kier alpha value is -0.900. The molecule has 9 atom stereocenters. The van der Waals surface area contributed by atoms with Gasteiger partial charge in [-0.3, -0.25) is 0 Å². The SMILES string of the molecule is CC(C)[C@@H](C)C=C[C@@H](C)[C@H]1CC[C@H]2C3=C[C@@H](O)[C@@]4(O)C[C@@H](O)CC[C@]4(C)C3=CC[C@]12C. The zero-order valence-electron chi connectivity index (χ0n) is 20.4. The highest BCUT2D eigenvalue weighted by molar-refractivity contribution is 5.50. The Morgan fingerprint density at radius 3 is 2.42 bits per heavy atom. The average Bonchev–Trinajstić information content (AvgIpc) is 3.05. The maximum Gasteiger partial charge on any atom is 0.106 e. The molecule has 0 heterocycles. The lowest BCUT2D eigenvalue weighted by Gasteiger charge is -2.58. The van der Waals surface area contributed by atoms with Crippen LogP contribution in [0.2, 0.25) is 0 Å². The van der Waals surface area contributed by atoms with Gasteiger partial charge in [0.2, 0.25) is 0 Å². The third-order valence-electron chi connectivity index (χ3n) is 10.1. The van der Waals surface area contributed by atoms with E-state index < -0.39 is 23.2 Å². The van der Waals surface area contributed by atoms with E-state index in [1.807, 2.05) is 6.08 Å². The monoisotopic (exact) mass is 428 g/mol. The Bertz CT molecular complexity index is 794. The minimum Gasteiger partial charge on any atom is -0.393 e. The minimum atomic E-state index is -1.27. The second kappa shape index (κ2) is 7.85. The van der Waals surface area contributed by atoms with Gasteiger partial charge >= 0.3 is 0 Å². The number of hydrogen-bond acceptors (Lipinski definition) is 3. The molecule has 4 aliphatic carbocycles. The van der Waals surface area contributed by atoms with E-state index in [1.54, 1.807) is 0 Å². The molecule has 0 aliphatic heterocycles. The third-order valence-corrected chi connectivity index (χ3v) is 10.1. The number of fused-ring (bicyclic) bond motifs is 5. The quantitative estimate of drug-likeness (QED) is 0.524. The molecule has 3 heteroatoms. The van der Waals surface area contributed by atoms with E-state index in [1.165, 1.54) is 17.6 Å². The van der Waals surface area contributed by atoms with Crippen molar-refractivity contribution in [2.45, 2.75) is 97.9 Å². The van der Waals surface area contributed by atoms with Gasteiger partial charge in [-0.25, -0.2) is 0 Å². The van der Waals surface area contributed by atoms with E-state index in [-0.39, 0.29) is 11.8 Å². The van der Waals surface area contributed by atoms with E-state index in [9.17, 15) is 15.3 Å². The van der Waals surface area contributed by atoms with Crippen molar-refractivity contribution < 1.29 is 15.3 Å².